The maximum absolute atomic E-state index is 9.84. The number of β-amino-alcohol motifs (C(OH)–C–C–N with tert-alkyl or cyclic N) is 1. The van der Waals surface area contributed by atoms with Crippen molar-refractivity contribution in [2.45, 2.75) is 18.9 Å². The molecule has 1 aliphatic rings. The number of benzene rings is 2. The van der Waals surface area contributed by atoms with Crippen molar-refractivity contribution < 1.29 is 5.11 Å². The van der Waals surface area contributed by atoms with Crippen LogP contribution in [0.15, 0.2) is 53.6 Å². The average Bonchev–Trinajstić information content (AvgIpc) is 2.91. The number of hydrogen-bond acceptors (Lipinski definition) is 4. The number of hydrogen-bond donors (Lipinski definition) is 2. The molecule has 4 rings (SSSR count). The van der Waals surface area contributed by atoms with Gasteiger partial charge in [-0.2, -0.15) is 0 Å². The normalized spacial score (nSPS) is 17.5. The summed E-state index contributed by atoms with van der Waals surface area (Å²) in [5, 5.41) is 14.4. The van der Waals surface area contributed by atoms with E-state index in [0.717, 1.165) is 47.4 Å². The fourth-order valence-corrected chi connectivity index (χ4v) is 3.67. The highest BCUT2D eigenvalue weighted by Gasteiger charge is 2.17. The number of nitrogens with zero attached hydrogens (tertiary/aromatic N) is 4. The minimum absolute atomic E-state index is 0.219. The zero-order chi connectivity index (χ0) is 18.1. The van der Waals surface area contributed by atoms with Crippen LogP contribution in [0.25, 0.3) is 11.0 Å². The first kappa shape index (κ1) is 16.7. The molecular formula is C20H25N5O. The molecule has 2 N–H and O–H groups in total. The number of fused-ring (bicyclic) bond motifs is 1. The highest BCUT2D eigenvalue weighted by atomic mass is 16.3. The van der Waals surface area contributed by atoms with E-state index in [1.807, 2.05) is 38.4 Å². The van der Waals surface area contributed by atoms with Gasteiger partial charge in [-0.15, -0.1) is 5.10 Å². The van der Waals surface area contributed by atoms with Gasteiger partial charge in [0.25, 0.3) is 0 Å². The van der Waals surface area contributed by atoms with E-state index in [1.165, 1.54) is 0 Å². The molecule has 3 aromatic rings. The second-order valence-corrected chi connectivity index (χ2v) is 6.92. The van der Waals surface area contributed by atoms with E-state index < -0.39 is 0 Å². The van der Waals surface area contributed by atoms with E-state index in [2.05, 4.69) is 48.8 Å². The Labute approximate surface area is 153 Å². The van der Waals surface area contributed by atoms with Gasteiger partial charge in [-0.3, -0.25) is 5.43 Å². The Bertz CT molecular complexity index is 928. The summed E-state index contributed by atoms with van der Waals surface area (Å²) in [6, 6.07) is 16.5. The highest BCUT2D eigenvalue weighted by Crippen LogP contribution is 2.22. The number of para-hydroxylation sites is 2. The predicted molar refractivity (Wildman–Crippen MR) is 105 cm³/mol. The van der Waals surface area contributed by atoms with Crippen molar-refractivity contribution in [3.8, 4) is 0 Å². The van der Waals surface area contributed by atoms with Gasteiger partial charge in [0.15, 0.2) is 0 Å². The van der Waals surface area contributed by atoms with E-state index in [1.54, 1.807) is 0 Å². The summed E-state index contributed by atoms with van der Waals surface area (Å²) in [6.45, 7) is 1.71. The number of aliphatic hydroxyl groups is 1. The minimum Gasteiger partial charge on any atom is -0.391 e. The van der Waals surface area contributed by atoms with Crippen LogP contribution in [0.5, 0.6) is 0 Å². The van der Waals surface area contributed by atoms with Gasteiger partial charge in [0, 0.05) is 32.9 Å². The van der Waals surface area contributed by atoms with E-state index in [-0.39, 0.29) is 6.10 Å². The van der Waals surface area contributed by atoms with Crippen LogP contribution in [0.1, 0.15) is 12.8 Å². The van der Waals surface area contributed by atoms with Gasteiger partial charge in [-0.05, 0) is 49.2 Å². The summed E-state index contributed by atoms with van der Waals surface area (Å²) < 4.78 is 4.15. The largest absolute Gasteiger partial charge is 0.391 e. The Morgan fingerprint density at radius 1 is 1.00 bits per heavy atom. The lowest BCUT2D eigenvalue weighted by atomic mass is 10.1. The zero-order valence-corrected chi connectivity index (χ0v) is 15.3. The van der Waals surface area contributed by atoms with Crippen LogP contribution in [0, 0.1) is 0 Å². The van der Waals surface area contributed by atoms with E-state index in [4.69, 9.17) is 0 Å². The summed E-state index contributed by atoms with van der Waals surface area (Å²) in [5.41, 5.74) is 8.39. The van der Waals surface area contributed by atoms with Crippen LogP contribution in [-0.2, 0) is 14.1 Å². The maximum atomic E-state index is 9.84. The fourth-order valence-electron chi connectivity index (χ4n) is 3.67. The quantitative estimate of drug-likeness (QED) is 0.713. The van der Waals surface area contributed by atoms with Crippen molar-refractivity contribution in [1.29, 1.82) is 0 Å². The van der Waals surface area contributed by atoms with Crippen LogP contribution in [0.3, 0.4) is 0 Å². The molecular weight excluding hydrogens is 326 g/mol. The monoisotopic (exact) mass is 351 g/mol. The van der Waals surface area contributed by atoms with Crippen molar-refractivity contribution in [3.05, 3.63) is 54.1 Å². The number of nitrogens with one attached hydrogen (secondary N) is 1. The van der Waals surface area contributed by atoms with E-state index >= 15 is 0 Å². The van der Waals surface area contributed by atoms with Gasteiger partial charge >= 0.3 is 0 Å². The second kappa shape index (κ2) is 6.88. The lowest BCUT2D eigenvalue weighted by Gasteiger charge is -2.32. The van der Waals surface area contributed by atoms with Gasteiger partial charge in [0.2, 0.25) is 5.62 Å². The predicted octanol–water partition coefficient (Wildman–Crippen LogP) is 2.41. The summed E-state index contributed by atoms with van der Waals surface area (Å²) in [5.74, 6) is 0. The zero-order valence-electron chi connectivity index (χ0n) is 15.3. The Morgan fingerprint density at radius 2 is 1.65 bits per heavy atom. The van der Waals surface area contributed by atoms with Crippen molar-refractivity contribution in [1.82, 2.24) is 9.13 Å². The topological polar surface area (TPSA) is 57.7 Å². The number of anilines is 2. The van der Waals surface area contributed by atoms with Crippen LogP contribution in [0.4, 0.5) is 11.4 Å². The van der Waals surface area contributed by atoms with Crippen molar-refractivity contribution in [3.63, 3.8) is 0 Å². The Balaban J connectivity index is 1.56. The van der Waals surface area contributed by atoms with Crippen molar-refractivity contribution >= 4 is 22.4 Å². The van der Waals surface area contributed by atoms with Crippen molar-refractivity contribution in [2.24, 2.45) is 19.2 Å². The molecule has 6 heteroatoms. The van der Waals surface area contributed by atoms with Crippen LogP contribution in [0.2, 0.25) is 0 Å². The molecule has 1 atom stereocenters. The number of piperidine rings is 1. The van der Waals surface area contributed by atoms with Gasteiger partial charge in [0.1, 0.15) is 0 Å². The molecule has 0 spiro atoms. The van der Waals surface area contributed by atoms with Crippen LogP contribution in [-0.4, -0.2) is 33.4 Å². The molecule has 1 fully saturated rings. The third kappa shape index (κ3) is 3.08. The first-order valence-electron chi connectivity index (χ1n) is 9.07. The molecule has 2 heterocycles. The van der Waals surface area contributed by atoms with E-state index in [0.29, 0.717) is 6.54 Å². The molecule has 0 radical (unpaired) electrons. The molecule has 1 saturated heterocycles. The molecule has 2 aromatic carbocycles. The third-order valence-corrected chi connectivity index (χ3v) is 5.12. The molecule has 0 aliphatic carbocycles. The van der Waals surface area contributed by atoms with Gasteiger partial charge < -0.3 is 19.1 Å². The van der Waals surface area contributed by atoms with Gasteiger partial charge in [-0.25, -0.2) is 0 Å². The second-order valence-electron chi connectivity index (χ2n) is 6.92. The number of rotatable bonds is 3. The van der Waals surface area contributed by atoms with Crippen LogP contribution < -0.4 is 15.9 Å². The molecule has 6 nitrogen and oxygen atoms in total. The first-order valence-corrected chi connectivity index (χ1v) is 9.07. The lowest BCUT2D eigenvalue weighted by molar-refractivity contribution is 0.154. The van der Waals surface area contributed by atoms with Crippen LogP contribution >= 0.6 is 0 Å². The Morgan fingerprint density at radius 3 is 2.27 bits per heavy atom. The molecule has 26 heavy (non-hydrogen) atoms. The minimum atomic E-state index is -0.219. The number of imidazole rings is 1. The summed E-state index contributed by atoms with van der Waals surface area (Å²) >= 11 is 0. The summed E-state index contributed by atoms with van der Waals surface area (Å²) in [6.07, 6.45) is 1.72. The van der Waals surface area contributed by atoms with Gasteiger partial charge in [0.05, 0.1) is 22.8 Å². The summed E-state index contributed by atoms with van der Waals surface area (Å²) in [4.78, 5) is 2.24. The lowest BCUT2D eigenvalue weighted by Crippen LogP contribution is -2.38. The summed E-state index contributed by atoms with van der Waals surface area (Å²) in [7, 11) is 4.04. The number of aliphatic hydroxyl groups excluding tert-OH is 1. The van der Waals surface area contributed by atoms with Gasteiger partial charge in [-0.1, -0.05) is 12.1 Å². The maximum Gasteiger partial charge on any atom is 0.227 e. The Hall–Kier alpha value is -2.73. The molecule has 0 saturated carbocycles. The molecule has 0 amide bonds. The molecule has 1 aliphatic heterocycles. The third-order valence-electron chi connectivity index (χ3n) is 5.12. The van der Waals surface area contributed by atoms with Crippen molar-refractivity contribution in [2.75, 3.05) is 23.4 Å². The number of aryl methyl sites for hydroxylation is 2. The first-order chi connectivity index (χ1) is 12.6. The molecule has 1 unspecified atom stereocenters. The smallest absolute Gasteiger partial charge is 0.227 e. The standard InChI is InChI=1S/C20H25N5O/c1-23-18-7-3-4-8-19(18)24(2)20(23)22-21-15-9-11-16(12-10-15)25-13-5-6-17(26)14-25/h3-4,7-12,17,21,26H,5-6,13-14H2,1-2H3. The fraction of sp³-hybridized carbons (Fsp3) is 0.350. The number of aromatic nitrogens is 2. The molecule has 1 aromatic heterocycles. The van der Waals surface area contributed by atoms with E-state index in [9.17, 15) is 5.11 Å². The molecule has 0 bridgehead atoms. The molecule has 136 valence electrons. The SMILES string of the molecule is Cn1c(=NNc2ccc(N3CCCC(O)C3)cc2)n(C)c2ccccc21. The Kier molecular flexibility index (Phi) is 4.42. The highest BCUT2D eigenvalue weighted by molar-refractivity contribution is 5.75. The average molecular weight is 351 g/mol.